The van der Waals surface area contributed by atoms with Crippen molar-refractivity contribution in [3.8, 4) is 0 Å². The van der Waals surface area contributed by atoms with Gasteiger partial charge in [-0.05, 0) is 41.9 Å². The summed E-state index contributed by atoms with van der Waals surface area (Å²) in [6.07, 6.45) is 1.24. The molecule has 0 radical (unpaired) electrons. The number of benzene rings is 1. The standard InChI is InChI=1S/C15H24ClNOS/c1-12(2)6-9-19-15-5-4-14(16)10-13(15)11-17-7-8-18-3/h4-5,10,12,17H,6-9,11H2,1-3H3. The second-order valence-electron chi connectivity index (χ2n) is 4.95. The molecule has 0 spiro atoms. The molecule has 0 bridgehead atoms. The van der Waals surface area contributed by atoms with E-state index in [-0.39, 0.29) is 0 Å². The van der Waals surface area contributed by atoms with Crippen LogP contribution >= 0.6 is 23.4 Å². The fourth-order valence-electron chi connectivity index (χ4n) is 1.63. The number of thioether (sulfide) groups is 1. The molecule has 0 saturated heterocycles. The summed E-state index contributed by atoms with van der Waals surface area (Å²) >= 11 is 8.00. The Morgan fingerprint density at radius 3 is 2.84 bits per heavy atom. The van der Waals surface area contributed by atoms with E-state index >= 15 is 0 Å². The lowest BCUT2D eigenvalue weighted by atomic mass is 10.2. The fourth-order valence-corrected chi connectivity index (χ4v) is 3.11. The van der Waals surface area contributed by atoms with Gasteiger partial charge in [-0.2, -0.15) is 0 Å². The van der Waals surface area contributed by atoms with Crippen LogP contribution in [-0.4, -0.2) is 26.0 Å². The zero-order valence-corrected chi connectivity index (χ0v) is 13.6. The second kappa shape index (κ2) is 9.65. The summed E-state index contributed by atoms with van der Waals surface area (Å²) in [6.45, 7) is 6.95. The smallest absolute Gasteiger partial charge is 0.0587 e. The van der Waals surface area contributed by atoms with Gasteiger partial charge in [-0.1, -0.05) is 25.4 Å². The van der Waals surface area contributed by atoms with Gasteiger partial charge in [0.1, 0.15) is 0 Å². The van der Waals surface area contributed by atoms with Crippen molar-refractivity contribution in [2.45, 2.75) is 31.7 Å². The third-order valence-corrected chi connectivity index (χ3v) is 4.16. The van der Waals surface area contributed by atoms with Crippen LogP contribution in [0.2, 0.25) is 5.02 Å². The molecule has 1 aromatic rings. The van der Waals surface area contributed by atoms with E-state index in [4.69, 9.17) is 16.3 Å². The van der Waals surface area contributed by atoms with Gasteiger partial charge in [0.2, 0.25) is 0 Å². The van der Waals surface area contributed by atoms with Crippen LogP contribution in [0.15, 0.2) is 23.1 Å². The molecule has 1 rings (SSSR count). The minimum absolute atomic E-state index is 0.733. The van der Waals surface area contributed by atoms with Gasteiger partial charge in [-0.25, -0.2) is 0 Å². The summed E-state index contributed by atoms with van der Waals surface area (Å²) in [5.41, 5.74) is 1.28. The molecule has 0 atom stereocenters. The van der Waals surface area contributed by atoms with E-state index in [0.29, 0.717) is 0 Å². The predicted octanol–water partition coefficient (Wildman–Crippen LogP) is 4.21. The van der Waals surface area contributed by atoms with Gasteiger partial charge in [0.25, 0.3) is 0 Å². The highest BCUT2D eigenvalue weighted by Gasteiger charge is 2.05. The Morgan fingerprint density at radius 2 is 2.16 bits per heavy atom. The molecule has 19 heavy (non-hydrogen) atoms. The highest BCUT2D eigenvalue weighted by molar-refractivity contribution is 7.99. The molecular formula is C15H24ClNOS. The van der Waals surface area contributed by atoms with Gasteiger partial charge in [0.15, 0.2) is 0 Å². The maximum Gasteiger partial charge on any atom is 0.0587 e. The largest absolute Gasteiger partial charge is 0.383 e. The number of rotatable bonds is 9. The Labute approximate surface area is 126 Å². The van der Waals surface area contributed by atoms with Gasteiger partial charge in [-0.3, -0.25) is 0 Å². The summed E-state index contributed by atoms with van der Waals surface area (Å²) in [4.78, 5) is 1.33. The van der Waals surface area contributed by atoms with Crippen LogP contribution in [0.4, 0.5) is 0 Å². The monoisotopic (exact) mass is 301 g/mol. The van der Waals surface area contributed by atoms with Gasteiger partial charge in [0.05, 0.1) is 6.61 Å². The first-order valence-corrected chi connectivity index (χ1v) is 8.10. The molecule has 0 aliphatic rings. The Kier molecular flexibility index (Phi) is 8.55. The summed E-state index contributed by atoms with van der Waals surface area (Å²) in [6, 6.07) is 6.15. The summed E-state index contributed by atoms with van der Waals surface area (Å²) in [7, 11) is 1.72. The van der Waals surface area contributed by atoms with Crippen molar-refractivity contribution < 1.29 is 4.74 Å². The highest BCUT2D eigenvalue weighted by atomic mass is 35.5. The van der Waals surface area contributed by atoms with E-state index in [9.17, 15) is 0 Å². The topological polar surface area (TPSA) is 21.3 Å². The predicted molar refractivity (Wildman–Crippen MR) is 85.2 cm³/mol. The first-order valence-electron chi connectivity index (χ1n) is 6.74. The summed E-state index contributed by atoms with van der Waals surface area (Å²) < 4.78 is 5.03. The zero-order valence-electron chi connectivity index (χ0n) is 12.0. The highest BCUT2D eigenvalue weighted by Crippen LogP contribution is 2.27. The van der Waals surface area contributed by atoms with Crippen molar-refractivity contribution in [2.24, 2.45) is 5.92 Å². The van der Waals surface area contributed by atoms with Gasteiger partial charge >= 0.3 is 0 Å². The van der Waals surface area contributed by atoms with E-state index in [1.807, 2.05) is 17.8 Å². The normalized spacial score (nSPS) is 11.2. The second-order valence-corrected chi connectivity index (χ2v) is 6.53. The Hall–Kier alpha value is -0.220. The number of methoxy groups -OCH3 is 1. The van der Waals surface area contributed by atoms with Crippen molar-refractivity contribution in [1.82, 2.24) is 5.32 Å². The van der Waals surface area contributed by atoms with Gasteiger partial charge in [-0.15, -0.1) is 11.8 Å². The first kappa shape index (κ1) is 16.8. The zero-order chi connectivity index (χ0) is 14.1. The van der Waals surface area contributed by atoms with Crippen LogP contribution in [0.5, 0.6) is 0 Å². The van der Waals surface area contributed by atoms with Crippen LogP contribution < -0.4 is 5.32 Å². The molecule has 0 aliphatic heterocycles. The Balaban J connectivity index is 2.53. The van der Waals surface area contributed by atoms with E-state index in [1.165, 1.54) is 16.9 Å². The van der Waals surface area contributed by atoms with Crippen molar-refractivity contribution in [1.29, 1.82) is 0 Å². The minimum Gasteiger partial charge on any atom is -0.383 e. The molecule has 2 nitrogen and oxygen atoms in total. The van der Waals surface area contributed by atoms with Crippen molar-refractivity contribution >= 4 is 23.4 Å². The lowest BCUT2D eigenvalue weighted by molar-refractivity contribution is 0.199. The molecule has 0 unspecified atom stereocenters. The van der Waals surface area contributed by atoms with Crippen LogP contribution in [-0.2, 0) is 11.3 Å². The van der Waals surface area contributed by atoms with E-state index < -0.39 is 0 Å². The molecule has 0 saturated carbocycles. The molecule has 4 heteroatoms. The van der Waals surface area contributed by atoms with E-state index in [2.05, 4.69) is 31.3 Å². The Morgan fingerprint density at radius 1 is 1.37 bits per heavy atom. The molecule has 0 heterocycles. The van der Waals surface area contributed by atoms with E-state index in [1.54, 1.807) is 7.11 Å². The first-order chi connectivity index (χ1) is 9.13. The number of ether oxygens (including phenoxy) is 1. The number of hydrogen-bond donors (Lipinski definition) is 1. The third-order valence-electron chi connectivity index (χ3n) is 2.77. The lowest BCUT2D eigenvalue weighted by Gasteiger charge is -2.11. The van der Waals surface area contributed by atoms with Crippen molar-refractivity contribution in [3.05, 3.63) is 28.8 Å². The lowest BCUT2D eigenvalue weighted by Crippen LogP contribution is -2.18. The average Bonchev–Trinajstić information content (AvgIpc) is 2.36. The SMILES string of the molecule is COCCNCc1cc(Cl)ccc1SCCC(C)C. The summed E-state index contributed by atoms with van der Waals surface area (Å²) in [5.74, 6) is 1.91. The number of nitrogens with one attached hydrogen (secondary N) is 1. The number of halogens is 1. The molecular weight excluding hydrogens is 278 g/mol. The van der Waals surface area contributed by atoms with Crippen molar-refractivity contribution in [2.75, 3.05) is 26.0 Å². The maximum absolute atomic E-state index is 6.08. The van der Waals surface area contributed by atoms with Crippen LogP contribution in [0, 0.1) is 5.92 Å². The molecule has 0 aromatic heterocycles. The van der Waals surface area contributed by atoms with E-state index in [0.717, 1.165) is 36.4 Å². The minimum atomic E-state index is 0.733. The van der Waals surface area contributed by atoms with Crippen LogP contribution in [0.1, 0.15) is 25.8 Å². The van der Waals surface area contributed by atoms with Gasteiger partial charge in [0, 0.05) is 30.1 Å². The van der Waals surface area contributed by atoms with Crippen LogP contribution in [0.25, 0.3) is 0 Å². The quantitative estimate of drug-likeness (QED) is 0.545. The molecule has 0 amide bonds. The van der Waals surface area contributed by atoms with Crippen molar-refractivity contribution in [3.63, 3.8) is 0 Å². The Bertz CT molecular complexity index is 371. The summed E-state index contributed by atoms with van der Waals surface area (Å²) in [5, 5.41) is 4.17. The third kappa shape index (κ3) is 7.21. The molecule has 1 aromatic carbocycles. The maximum atomic E-state index is 6.08. The van der Waals surface area contributed by atoms with Gasteiger partial charge < -0.3 is 10.1 Å². The molecule has 0 fully saturated rings. The number of hydrogen-bond acceptors (Lipinski definition) is 3. The molecule has 1 N–H and O–H groups in total. The molecule has 108 valence electrons. The average molecular weight is 302 g/mol. The molecule has 0 aliphatic carbocycles. The fraction of sp³-hybridized carbons (Fsp3) is 0.600. The van der Waals surface area contributed by atoms with Crippen LogP contribution in [0.3, 0.4) is 0 Å².